The van der Waals surface area contributed by atoms with Crippen molar-refractivity contribution in [1.82, 2.24) is 10.4 Å². The second-order valence-electron chi connectivity index (χ2n) is 8.63. The molecule has 176 valence electrons. The van der Waals surface area contributed by atoms with E-state index >= 15 is 0 Å². The lowest BCUT2D eigenvalue weighted by Crippen LogP contribution is -2.50. The number of piperidine rings is 1. The van der Waals surface area contributed by atoms with E-state index in [1.54, 1.807) is 12.1 Å². The Morgan fingerprint density at radius 3 is 2.44 bits per heavy atom. The van der Waals surface area contributed by atoms with Gasteiger partial charge in [0.1, 0.15) is 11.5 Å². The number of nitrogens with zero attached hydrogens (tertiary/aromatic N) is 2. The number of carbonyl (C=O) groups is 1. The molecule has 0 spiro atoms. The Labute approximate surface area is 195 Å². The minimum absolute atomic E-state index is 0.315. The predicted molar refractivity (Wildman–Crippen MR) is 117 cm³/mol. The van der Waals surface area contributed by atoms with Crippen LogP contribution < -0.4 is 10.2 Å². The molecule has 6 rings (SSSR count). The minimum Gasteiger partial charge on any atom is -0.456 e. The molecule has 3 unspecified atom stereocenters. The number of alkyl halides is 3. The van der Waals surface area contributed by atoms with Crippen molar-refractivity contribution in [3.8, 4) is 11.5 Å². The zero-order valence-electron chi connectivity index (χ0n) is 17.6. The third-order valence-corrected chi connectivity index (χ3v) is 7.25. The van der Waals surface area contributed by atoms with E-state index < -0.39 is 35.4 Å². The van der Waals surface area contributed by atoms with Gasteiger partial charge in [0.05, 0.1) is 0 Å². The predicted octanol–water partition coefficient (Wildman–Crippen LogP) is 4.17. The van der Waals surface area contributed by atoms with Gasteiger partial charge in [0.15, 0.2) is 5.84 Å². The number of hydroxylamine groups is 1. The highest BCUT2D eigenvalue weighted by atomic mass is 32.2. The molecule has 2 fully saturated rings. The number of amides is 1. The molecule has 0 radical (unpaired) electrons. The molecule has 2 saturated heterocycles. The van der Waals surface area contributed by atoms with Gasteiger partial charge in [0.2, 0.25) is 0 Å². The number of ether oxygens (including phenoxy) is 1. The lowest BCUT2D eigenvalue weighted by atomic mass is 9.83. The number of carbonyl (C=O) groups excluding carboxylic acids is 1. The second-order valence-corrected chi connectivity index (χ2v) is 9.42. The van der Waals surface area contributed by atoms with Crippen molar-refractivity contribution in [1.29, 1.82) is 0 Å². The van der Waals surface area contributed by atoms with Crippen LogP contribution in [0.5, 0.6) is 11.5 Å². The average molecular weight is 489 g/mol. The minimum atomic E-state index is -4.87. The SMILES string of the molecule is O=C(N1C2CCC1CC(=C1c3ccccc3Oc3cc(C4=NS(=O)ON4)ccc31)C2)C(F)(F)F. The van der Waals surface area contributed by atoms with Crippen molar-refractivity contribution in [2.75, 3.05) is 0 Å². The van der Waals surface area contributed by atoms with Crippen LogP contribution in [-0.2, 0) is 20.3 Å². The van der Waals surface area contributed by atoms with Crippen LogP contribution >= 0.6 is 0 Å². The molecule has 4 heterocycles. The van der Waals surface area contributed by atoms with Crippen LogP contribution in [0.25, 0.3) is 5.57 Å². The molecular formula is C23H18F3N3O4S. The smallest absolute Gasteiger partial charge is 0.456 e. The normalized spacial score (nSPS) is 25.3. The summed E-state index contributed by atoms with van der Waals surface area (Å²) in [4.78, 5) is 13.1. The van der Waals surface area contributed by atoms with Crippen LogP contribution in [0.2, 0.25) is 0 Å². The maximum Gasteiger partial charge on any atom is 0.471 e. The maximum absolute atomic E-state index is 13.2. The molecule has 2 bridgehead atoms. The lowest BCUT2D eigenvalue weighted by Gasteiger charge is -2.38. The second kappa shape index (κ2) is 7.67. The van der Waals surface area contributed by atoms with E-state index in [4.69, 9.17) is 9.02 Å². The van der Waals surface area contributed by atoms with Crippen molar-refractivity contribution >= 4 is 28.6 Å². The van der Waals surface area contributed by atoms with Crippen LogP contribution in [0.1, 0.15) is 42.4 Å². The quantitative estimate of drug-likeness (QED) is 0.555. The van der Waals surface area contributed by atoms with E-state index in [1.807, 2.05) is 30.3 Å². The van der Waals surface area contributed by atoms with Crippen molar-refractivity contribution in [3.63, 3.8) is 0 Å². The van der Waals surface area contributed by atoms with Gasteiger partial charge >= 0.3 is 23.3 Å². The summed E-state index contributed by atoms with van der Waals surface area (Å²) >= 11 is -1.80. The number of para-hydroxylation sites is 1. The summed E-state index contributed by atoms with van der Waals surface area (Å²) in [5.41, 5.74) is 6.78. The van der Waals surface area contributed by atoms with E-state index in [-0.39, 0.29) is 0 Å². The van der Waals surface area contributed by atoms with Gasteiger partial charge in [-0.15, -0.1) is 4.40 Å². The zero-order valence-corrected chi connectivity index (χ0v) is 18.4. The summed E-state index contributed by atoms with van der Waals surface area (Å²) in [6, 6.07) is 12.0. The molecule has 11 heteroatoms. The first-order valence-corrected chi connectivity index (χ1v) is 11.8. The van der Waals surface area contributed by atoms with Crippen LogP contribution in [-0.4, -0.2) is 39.1 Å². The highest BCUT2D eigenvalue weighted by Gasteiger charge is 2.51. The number of hydrogen-bond acceptors (Lipinski definition) is 5. The van der Waals surface area contributed by atoms with Crippen LogP contribution in [0.3, 0.4) is 0 Å². The van der Waals surface area contributed by atoms with Crippen molar-refractivity contribution in [2.24, 2.45) is 4.40 Å². The Morgan fingerprint density at radius 2 is 1.76 bits per heavy atom. The number of hydrogen-bond donors (Lipinski definition) is 1. The topological polar surface area (TPSA) is 80.2 Å². The van der Waals surface area contributed by atoms with E-state index in [9.17, 15) is 22.2 Å². The Hall–Kier alpha value is -3.18. The van der Waals surface area contributed by atoms with E-state index in [0.29, 0.717) is 48.6 Å². The Balaban J connectivity index is 1.43. The summed E-state index contributed by atoms with van der Waals surface area (Å²) < 4.78 is 65.8. The number of fused-ring (bicyclic) bond motifs is 4. The van der Waals surface area contributed by atoms with Crippen LogP contribution in [0.4, 0.5) is 13.2 Å². The molecule has 0 saturated carbocycles. The van der Waals surface area contributed by atoms with Gasteiger partial charge in [-0.05, 0) is 49.5 Å². The first-order valence-electron chi connectivity index (χ1n) is 10.8. The Kier molecular flexibility index (Phi) is 4.82. The van der Waals surface area contributed by atoms with Gasteiger partial charge in [0.25, 0.3) is 0 Å². The molecule has 1 N–H and O–H groups in total. The first kappa shape index (κ1) is 21.4. The highest BCUT2D eigenvalue weighted by Crippen LogP contribution is 2.50. The molecule has 1 amide bonds. The highest BCUT2D eigenvalue weighted by molar-refractivity contribution is 7.79. The summed E-state index contributed by atoms with van der Waals surface area (Å²) in [6.07, 6.45) is -3.01. The maximum atomic E-state index is 13.2. The van der Waals surface area contributed by atoms with Gasteiger partial charge in [-0.3, -0.25) is 4.79 Å². The third kappa shape index (κ3) is 3.41. The molecular weight excluding hydrogens is 471 g/mol. The fourth-order valence-corrected chi connectivity index (χ4v) is 5.84. The van der Waals surface area contributed by atoms with Crippen LogP contribution in [0.15, 0.2) is 52.4 Å². The number of benzene rings is 2. The number of halogens is 3. The lowest BCUT2D eigenvalue weighted by molar-refractivity contribution is -0.189. The van der Waals surface area contributed by atoms with Gasteiger partial charge in [0, 0.05) is 28.8 Å². The summed E-state index contributed by atoms with van der Waals surface area (Å²) in [6.45, 7) is 0. The average Bonchev–Trinajstić information content (AvgIpc) is 3.35. The summed E-state index contributed by atoms with van der Waals surface area (Å²) in [5.74, 6) is -0.236. The Morgan fingerprint density at radius 1 is 1.06 bits per heavy atom. The standard InChI is InChI=1S/C23H18F3N3O4S/c24-23(25,26)22(30)29-14-6-7-15(29)10-13(9-14)20-16-3-1-2-4-18(16)32-19-11-12(5-8-17(19)20)21-27-33-34(31)28-21/h1-5,8,11,14-15H,6-7,9-10H2,(H,27,28). The van der Waals surface area contributed by atoms with E-state index in [1.165, 1.54) is 0 Å². The van der Waals surface area contributed by atoms with Crippen molar-refractivity contribution in [2.45, 2.75) is 43.9 Å². The largest absolute Gasteiger partial charge is 0.471 e. The number of nitrogens with one attached hydrogen (secondary N) is 1. The van der Waals surface area contributed by atoms with Gasteiger partial charge in [-0.25, -0.2) is 9.69 Å². The molecule has 0 aliphatic carbocycles. The fraction of sp³-hybridized carbons (Fsp3) is 0.304. The van der Waals surface area contributed by atoms with Crippen molar-refractivity contribution < 1.29 is 31.2 Å². The molecule has 2 aromatic rings. The molecule has 3 atom stereocenters. The van der Waals surface area contributed by atoms with Gasteiger partial charge < -0.3 is 9.64 Å². The fourth-order valence-electron chi connectivity index (χ4n) is 5.36. The van der Waals surface area contributed by atoms with Crippen molar-refractivity contribution in [3.05, 3.63) is 64.7 Å². The monoisotopic (exact) mass is 489 g/mol. The summed E-state index contributed by atoms with van der Waals surface area (Å²) in [5, 5.41) is 0. The molecule has 0 aromatic heterocycles. The molecule has 4 aliphatic heterocycles. The zero-order chi connectivity index (χ0) is 23.6. The Bertz CT molecular complexity index is 1290. The van der Waals surface area contributed by atoms with E-state index in [2.05, 4.69) is 9.88 Å². The number of rotatable bonds is 1. The van der Waals surface area contributed by atoms with Gasteiger partial charge in [-0.1, -0.05) is 29.8 Å². The van der Waals surface area contributed by atoms with Crippen LogP contribution in [0, 0.1) is 0 Å². The molecule has 2 aromatic carbocycles. The molecule has 4 aliphatic rings. The number of amidine groups is 1. The first-order chi connectivity index (χ1) is 16.3. The molecule has 34 heavy (non-hydrogen) atoms. The molecule has 7 nitrogen and oxygen atoms in total. The van der Waals surface area contributed by atoms with E-state index in [0.717, 1.165) is 27.2 Å². The third-order valence-electron chi connectivity index (χ3n) is 6.69. The summed E-state index contributed by atoms with van der Waals surface area (Å²) in [7, 11) is 0. The van der Waals surface area contributed by atoms with Gasteiger partial charge in [-0.2, -0.15) is 17.5 Å².